The monoisotopic (exact) mass is 355 g/mol. The van der Waals surface area contributed by atoms with Crippen molar-refractivity contribution in [3.05, 3.63) is 62.3 Å². The van der Waals surface area contributed by atoms with E-state index in [0.29, 0.717) is 0 Å². The van der Waals surface area contributed by atoms with Gasteiger partial charge >= 0.3 is 0 Å². The normalized spacial score (nSPS) is 12.5. The van der Waals surface area contributed by atoms with Gasteiger partial charge in [0.25, 0.3) is 0 Å². The van der Waals surface area contributed by atoms with Crippen molar-refractivity contribution < 1.29 is 5.11 Å². The summed E-state index contributed by atoms with van der Waals surface area (Å²) in [5, 5.41) is 10.3. The van der Waals surface area contributed by atoms with Gasteiger partial charge in [-0.05, 0) is 36.2 Å². The molecular formula is C13H11Br2NO. The molecule has 0 fully saturated rings. The average molecular weight is 357 g/mol. The summed E-state index contributed by atoms with van der Waals surface area (Å²) in [6.07, 6.45) is 2.80. The number of aryl methyl sites for hydroxylation is 1. The first-order valence-electron chi connectivity index (χ1n) is 5.12. The van der Waals surface area contributed by atoms with E-state index in [1.165, 1.54) is 0 Å². The van der Waals surface area contributed by atoms with Crippen LogP contribution in [0.3, 0.4) is 0 Å². The predicted molar refractivity (Wildman–Crippen MR) is 74.9 cm³/mol. The largest absolute Gasteiger partial charge is 0.384 e. The molecular weight excluding hydrogens is 346 g/mol. The lowest BCUT2D eigenvalue weighted by molar-refractivity contribution is 0.219. The molecule has 0 aliphatic heterocycles. The summed E-state index contributed by atoms with van der Waals surface area (Å²) in [6, 6.07) is 7.67. The zero-order valence-corrected chi connectivity index (χ0v) is 12.4. The molecule has 2 rings (SSSR count). The summed E-state index contributed by atoms with van der Waals surface area (Å²) >= 11 is 6.82. The lowest BCUT2D eigenvalue weighted by Crippen LogP contribution is -2.00. The Morgan fingerprint density at radius 2 is 1.65 bits per heavy atom. The van der Waals surface area contributed by atoms with Crippen LogP contribution in [0.4, 0.5) is 0 Å². The van der Waals surface area contributed by atoms with Gasteiger partial charge in [-0.15, -0.1) is 0 Å². The van der Waals surface area contributed by atoms with Gasteiger partial charge in [0.15, 0.2) is 0 Å². The molecule has 0 amide bonds. The lowest BCUT2D eigenvalue weighted by Gasteiger charge is -2.12. The number of halogens is 2. The topological polar surface area (TPSA) is 33.1 Å². The van der Waals surface area contributed by atoms with Crippen LogP contribution in [-0.4, -0.2) is 10.1 Å². The van der Waals surface area contributed by atoms with Crippen LogP contribution in [0.1, 0.15) is 22.8 Å². The van der Waals surface area contributed by atoms with E-state index in [2.05, 4.69) is 36.8 Å². The van der Waals surface area contributed by atoms with Crippen molar-refractivity contribution >= 4 is 31.9 Å². The smallest absolute Gasteiger partial charge is 0.106 e. The summed E-state index contributed by atoms with van der Waals surface area (Å²) in [7, 11) is 0. The summed E-state index contributed by atoms with van der Waals surface area (Å²) in [5.41, 5.74) is 2.67. The number of hydrogen-bond acceptors (Lipinski definition) is 2. The summed E-state index contributed by atoms with van der Waals surface area (Å²) in [5.74, 6) is 0. The molecule has 0 aliphatic carbocycles. The van der Waals surface area contributed by atoms with E-state index in [0.717, 1.165) is 25.6 Å². The van der Waals surface area contributed by atoms with Gasteiger partial charge in [0.05, 0.1) is 0 Å². The molecule has 17 heavy (non-hydrogen) atoms. The summed E-state index contributed by atoms with van der Waals surface area (Å²) < 4.78 is 1.86. The molecule has 0 saturated heterocycles. The number of nitrogens with zero attached hydrogens (tertiary/aromatic N) is 1. The van der Waals surface area contributed by atoms with E-state index >= 15 is 0 Å². The molecule has 0 spiro atoms. The molecule has 2 nitrogen and oxygen atoms in total. The second kappa shape index (κ2) is 5.29. The highest BCUT2D eigenvalue weighted by Crippen LogP contribution is 2.28. The molecule has 1 N–H and O–H groups in total. The number of benzene rings is 1. The number of aliphatic hydroxyl groups is 1. The minimum atomic E-state index is -0.656. The maximum atomic E-state index is 10.3. The number of hydrogen-bond donors (Lipinski definition) is 1. The molecule has 0 saturated carbocycles. The number of rotatable bonds is 2. The van der Waals surface area contributed by atoms with Gasteiger partial charge in [-0.2, -0.15) is 0 Å². The van der Waals surface area contributed by atoms with Crippen molar-refractivity contribution in [2.75, 3.05) is 0 Å². The molecule has 88 valence electrons. The molecule has 1 aromatic heterocycles. The minimum absolute atomic E-state index is 0.656. The van der Waals surface area contributed by atoms with Crippen LogP contribution in [0.15, 0.2) is 45.6 Å². The predicted octanol–water partition coefficient (Wildman–Crippen LogP) is 4.00. The summed E-state index contributed by atoms with van der Waals surface area (Å²) in [6.45, 7) is 1.96. The minimum Gasteiger partial charge on any atom is -0.384 e. The molecule has 0 aliphatic rings. The molecule has 1 heterocycles. The van der Waals surface area contributed by atoms with Crippen molar-refractivity contribution in [2.45, 2.75) is 13.0 Å². The van der Waals surface area contributed by atoms with Crippen molar-refractivity contribution in [3.8, 4) is 0 Å². The van der Waals surface area contributed by atoms with Gasteiger partial charge in [-0.25, -0.2) is 0 Å². The highest BCUT2D eigenvalue weighted by molar-refractivity contribution is 9.11. The van der Waals surface area contributed by atoms with E-state index in [-0.39, 0.29) is 0 Å². The van der Waals surface area contributed by atoms with E-state index in [4.69, 9.17) is 0 Å². The Balaban J connectivity index is 2.39. The van der Waals surface area contributed by atoms with Gasteiger partial charge in [0, 0.05) is 26.9 Å². The molecule has 0 bridgehead atoms. The highest BCUT2D eigenvalue weighted by Gasteiger charge is 2.12. The molecule has 1 unspecified atom stereocenters. The number of aromatic nitrogens is 1. The Hall–Kier alpha value is -0.710. The fraction of sp³-hybridized carbons (Fsp3) is 0.154. The first kappa shape index (κ1) is 12.7. The Bertz CT molecular complexity index is 522. The standard InChI is InChI=1S/C13H11Br2NO/c1-8-2-10(7-16-6-8)13(17)9-3-11(14)5-12(15)4-9/h2-7,13,17H,1H3. The fourth-order valence-corrected chi connectivity index (χ4v) is 2.98. The van der Waals surface area contributed by atoms with Crippen LogP contribution in [0.25, 0.3) is 0 Å². The molecule has 4 heteroatoms. The number of pyridine rings is 1. The quantitative estimate of drug-likeness (QED) is 0.882. The van der Waals surface area contributed by atoms with Crippen LogP contribution in [-0.2, 0) is 0 Å². The van der Waals surface area contributed by atoms with Crippen LogP contribution >= 0.6 is 31.9 Å². The molecule has 2 aromatic rings. The third-order valence-corrected chi connectivity index (χ3v) is 3.33. The highest BCUT2D eigenvalue weighted by atomic mass is 79.9. The van der Waals surface area contributed by atoms with Gasteiger partial charge < -0.3 is 5.11 Å². The summed E-state index contributed by atoms with van der Waals surface area (Å²) in [4.78, 5) is 4.09. The molecule has 1 atom stereocenters. The van der Waals surface area contributed by atoms with Crippen molar-refractivity contribution in [1.29, 1.82) is 0 Å². The number of aliphatic hydroxyl groups excluding tert-OH is 1. The van der Waals surface area contributed by atoms with E-state index < -0.39 is 6.10 Å². The second-order valence-electron chi connectivity index (χ2n) is 3.90. The Morgan fingerprint density at radius 3 is 2.24 bits per heavy atom. The van der Waals surface area contributed by atoms with Crippen LogP contribution < -0.4 is 0 Å². The van der Waals surface area contributed by atoms with Gasteiger partial charge in [0.1, 0.15) is 6.10 Å². The fourth-order valence-electron chi connectivity index (χ4n) is 1.65. The third-order valence-electron chi connectivity index (χ3n) is 2.41. The zero-order valence-electron chi connectivity index (χ0n) is 9.19. The van der Waals surface area contributed by atoms with Crippen molar-refractivity contribution in [3.63, 3.8) is 0 Å². The second-order valence-corrected chi connectivity index (χ2v) is 5.73. The first-order chi connectivity index (χ1) is 8.06. The van der Waals surface area contributed by atoms with Crippen LogP contribution in [0.5, 0.6) is 0 Å². The SMILES string of the molecule is Cc1cncc(C(O)c2cc(Br)cc(Br)c2)c1. The Kier molecular flexibility index (Phi) is 3.97. The van der Waals surface area contributed by atoms with E-state index in [1.807, 2.05) is 31.2 Å². The zero-order chi connectivity index (χ0) is 12.4. The molecule has 1 aromatic carbocycles. The van der Waals surface area contributed by atoms with Gasteiger partial charge in [-0.3, -0.25) is 4.98 Å². The van der Waals surface area contributed by atoms with E-state index in [1.54, 1.807) is 12.4 Å². The Morgan fingerprint density at radius 1 is 1.00 bits per heavy atom. The van der Waals surface area contributed by atoms with Crippen LogP contribution in [0.2, 0.25) is 0 Å². The van der Waals surface area contributed by atoms with Gasteiger partial charge in [-0.1, -0.05) is 37.9 Å². The first-order valence-corrected chi connectivity index (χ1v) is 6.70. The van der Waals surface area contributed by atoms with Crippen LogP contribution in [0, 0.1) is 6.92 Å². The Labute approximate surface area is 117 Å². The lowest BCUT2D eigenvalue weighted by atomic mass is 10.0. The molecule has 0 radical (unpaired) electrons. The third kappa shape index (κ3) is 3.15. The maximum absolute atomic E-state index is 10.3. The van der Waals surface area contributed by atoms with Gasteiger partial charge in [0.2, 0.25) is 0 Å². The van der Waals surface area contributed by atoms with Crippen molar-refractivity contribution in [1.82, 2.24) is 4.98 Å². The maximum Gasteiger partial charge on any atom is 0.106 e. The van der Waals surface area contributed by atoms with Crippen molar-refractivity contribution in [2.24, 2.45) is 0 Å². The average Bonchev–Trinajstić information content (AvgIpc) is 2.26. The van der Waals surface area contributed by atoms with E-state index in [9.17, 15) is 5.11 Å².